The van der Waals surface area contributed by atoms with E-state index in [4.69, 9.17) is 9.88 Å². The Labute approximate surface area is 99.2 Å². The molecule has 0 fully saturated rings. The standard InChI is InChI=1S/C9H14N2O5S/c1-15-4-3-11-6-7(17(10,13)14)5-8(11)9(12)16-2/h5-6H,3-4H2,1-2H3,(H2,10,13,14). The highest BCUT2D eigenvalue weighted by atomic mass is 32.2. The van der Waals surface area contributed by atoms with Crippen molar-refractivity contribution < 1.29 is 22.7 Å². The van der Waals surface area contributed by atoms with Crippen LogP contribution in [-0.2, 0) is 26.0 Å². The van der Waals surface area contributed by atoms with Crippen LogP contribution in [0.3, 0.4) is 0 Å². The Hall–Kier alpha value is -1.38. The predicted octanol–water partition coefficient (Wildman–Crippen LogP) is -0.431. The van der Waals surface area contributed by atoms with Gasteiger partial charge < -0.3 is 14.0 Å². The Kier molecular flexibility index (Phi) is 4.27. The zero-order chi connectivity index (χ0) is 13.1. The van der Waals surface area contributed by atoms with E-state index in [0.717, 1.165) is 0 Å². The summed E-state index contributed by atoms with van der Waals surface area (Å²) in [6.45, 7) is 0.666. The van der Waals surface area contributed by atoms with E-state index < -0.39 is 16.0 Å². The number of nitrogens with two attached hydrogens (primary N) is 1. The van der Waals surface area contributed by atoms with Crippen LogP contribution in [0.4, 0.5) is 0 Å². The first-order chi connectivity index (χ1) is 7.90. The summed E-state index contributed by atoms with van der Waals surface area (Å²) in [5.41, 5.74) is 0.119. The highest BCUT2D eigenvalue weighted by Gasteiger charge is 2.19. The van der Waals surface area contributed by atoms with Gasteiger partial charge >= 0.3 is 5.97 Å². The SMILES string of the molecule is COCCn1cc(S(N)(=O)=O)cc1C(=O)OC. The quantitative estimate of drug-likeness (QED) is 0.725. The van der Waals surface area contributed by atoms with Crippen molar-refractivity contribution in [3.63, 3.8) is 0 Å². The number of hydrogen-bond acceptors (Lipinski definition) is 5. The summed E-state index contributed by atoms with van der Waals surface area (Å²) in [5.74, 6) is -0.629. The van der Waals surface area contributed by atoms with E-state index in [2.05, 4.69) is 4.74 Å². The van der Waals surface area contributed by atoms with Gasteiger partial charge in [0.2, 0.25) is 10.0 Å². The number of aromatic nitrogens is 1. The second-order valence-electron chi connectivity index (χ2n) is 3.28. The lowest BCUT2D eigenvalue weighted by molar-refractivity contribution is 0.0586. The van der Waals surface area contributed by atoms with E-state index in [9.17, 15) is 13.2 Å². The van der Waals surface area contributed by atoms with Crippen molar-refractivity contribution in [3.05, 3.63) is 18.0 Å². The molecular weight excluding hydrogens is 248 g/mol. The molecule has 0 unspecified atom stereocenters. The number of esters is 1. The van der Waals surface area contributed by atoms with Gasteiger partial charge in [0.25, 0.3) is 0 Å². The minimum absolute atomic E-state index is 0.119. The number of primary sulfonamides is 1. The van der Waals surface area contributed by atoms with Gasteiger partial charge in [-0.05, 0) is 6.07 Å². The number of sulfonamides is 1. The van der Waals surface area contributed by atoms with Crippen LogP contribution < -0.4 is 5.14 Å². The van der Waals surface area contributed by atoms with Crippen molar-refractivity contribution in [2.24, 2.45) is 5.14 Å². The van der Waals surface area contributed by atoms with Crippen molar-refractivity contribution in [3.8, 4) is 0 Å². The lowest BCUT2D eigenvalue weighted by Gasteiger charge is -2.05. The average molecular weight is 262 g/mol. The Balaban J connectivity index is 3.16. The van der Waals surface area contributed by atoms with E-state index >= 15 is 0 Å². The third-order valence-corrected chi connectivity index (χ3v) is 3.01. The summed E-state index contributed by atoms with van der Waals surface area (Å²) in [6, 6.07) is 1.18. The van der Waals surface area contributed by atoms with Gasteiger partial charge in [-0.3, -0.25) is 0 Å². The molecule has 8 heteroatoms. The maximum absolute atomic E-state index is 11.4. The highest BCUT2D eigenvalue weighted by Crippen LogP contribution is 2.14. The van der Waals surface area contributed by atoms with Gasteiger partial charge in [0.05, 0.1) is 13.7 Å². The molecule has 1 rings (SSSR count). The van der Waals surface area contributed by atoms with E-state index in [1.165, 1.54) is 31.0 Å². The Bertz CT molecular complexity index is 505. The van der Waals surface area contributed by atoms with Crippen molar-refractivity contribution >= 4 is 16.0 Å². The Morgan fingerprint density at radius 1 is 1.47 bits per heavy atom. The van der Waals surface area contributed by atoms with E-state index in [-0.39, 0.29) is 10.6 Å². The molecule has 7 nitrogen and oxygen atoms in total. The molecule has 1 aromatic heterocycles. The fourth-order valence-electron chi connectivity index (χ4n) is 1.29. The zero-order valence-corrected chi connectivity index (χ0v) is 10.4. The second kappa shape index (κ2) is 5.30. The molecule has 1 heterocycles. The van der Waals surface area contributed by atoms with Crippen LogP contribution >= 0.6 is 0 Å². The molecule has 0 atom stereocenters. The third kappa shape index (κ3) is 3.29. The van der Waals surface area contributed by atoms with Crippen LogP contribution in [0, 0.1) is 0 Å². The third-order valence-electron chi connectivity index (χ3n) is 2.13. The number of rotatable bonds is 5. The van der Waals surface area contributed by atoms with Crippen molar-refractivity contribution in [2.45, 2.75) is 11.4 Å². The molecular formula is C9H14N2O5S. The minimum atomic E-state index is -3.84. The maximum atomic E-state index is 11.4. The number of hydrogen-bond donors (Lipinski definition) is 1. The number of carbonyl (C=O) groups is 1. The predicted molar refractivity (Wildman–Crippen MR) is 59.0 cm³/mol. The van der Waals surface area contributed by atoms with Crippen LogP contribution in [0.1, 0.15) is 10.5 Å². The lowest BCUT2D eigenvalue weighted by atomic mass is 10.4. The fraction of sp³-hybridized carbons (Fsp3) is 0.444. The normalized spacial score (nSPS) is 11.5. The number of carbonyl (C=O) groups excluding carboxylic acids is 1. The van der Waals surface area contributed by atoms with Crippen molar-refractivity contribution in [1.82, 2.24) is 4.57 Å². The fourth-order valence-corrected chi connectivity index (χ4v) is 1.84. The molecule has 0 saturated carbocycles. The molecule has 96 valence electrons. The van der Waals surface area contributed by atoms with Gasteiger partial charge in [0, 0.05) is 19.9 Å². The Morgan fingerprint density at radius 2 is 2.12 bits per heavy atom. The molecule has 0 aromatic carbocycles. The van der Waals surface area contributed by atoms with Gasteiger partial charge in [0.15, 0.2) is 0 Å². The molecule has 1 aromatic rings. The average Bonchev–Trinajstić information content (AvgIpc) is 2.68. The molecule has 2 N–H and O–H groups in total. The van der Waals surface area contributed by atoms with Crippen molar-refractivity contribution in [1.29, 1.82) is 0 Å². The van der Waals surface area contributed by atoms with Crippen molar-refractivity contribution in [2.75, 3.05) is 20.8 Å². The minimum Gasteiger partial charge on any atom is -0.464 e. The van der Waals surface area contributed by atoms with Gasteiger partial charge in [-0.25, -0.2) is 18.4 Å². The molecule has 0 aliphatic rings. The first-order valence-electron chi connectivity index (χ1n) is 4.70. The first-order valence-corrected chi connectivity index (χ1v) is 6.25. The van der Waals surface area contributed by atoms with Gasteiger partial charge in [-0.15, -0.1) is 0 Å². The van der Waals surface area contributed by atoms with Gasteiger partial charge in [-0.2, -0.15) is 0 Å². The maximum Gasteiger partial charge on any atom is 0.354 e. The summed E-state index contributed by atoms with van der Waals surface area (Å²) < 4.78 is 33.2. The molecule has 0 spiro atoms. The van der Waals surface area contributed by atoms with Crippen LogP contribution in [0.5, 0.6) is 0 Å². The topological polar surface area (TPSA) is 101 Å². The zero-order valence-electron chi connectivity index (χ0n) is 9.54. The lowest BCUT2D eigenvalue weighted by Crippen LogP contribution is -2.12. The van der Waals surface area contributed by atoms with E-state index in [0.29, 0.717) is 13.2 Å². The Morgan fingerprint density at radius 3 is 2.59 bits per heavy atom. The molecule has 0 bridgehead atoms. The largest absolute Gasteiger partial charge is 0.464 e. The van der Waals surface area contributed by atoms with Crippen LogP contribution in [-0.4, -0.2) is 39.8 Å². The number of methoxy groups -OCH3 is 2. The van der Waals surface area contributed by atoms with Crippen LogP contribution in [0.25, 0.3) is 0 Å². The van der Waals surface area contributed by atoms with E-state index in [1.807, 2.05) is 0 Å². The summed E-state index contributed by atoms with van der Waals surface area (Å²) in [7, 11) is -1.12. The first kappa shape index (κ1) is 13.7. The smallest absolute Gasteiger partial charge is 0.354 e. The summed E-state index contributed by atoms with van der Waals surface area (Å²) in [4.78, 5) is 11.3. The highest BCUT2D eigenvalue weighted by molar-refractivity contribution is 7.89. The summed E-state index contributed by atoms with van der Waals surface area (Å²) >= 11 is 0. The molecule has 0 aliphatic heterocycles. The van der Waals surface area contributed by atoms with Gasteiger partial charge in [0.1, 0.15) is 10.6 Å². The molecule has 0 saturated heterocycles. The molecule has 0 radical (unpaired) electrons. The van der Waals surface area contributed by atoms with Crippen LogP contribution in [0.15, 0.2) is 17.2 Å². The van der Waals surface area contributed by atoms with Gasteiger partial charge in [-0.1, -0.05) is 0 Å². The second-order valence-corrected chi connectivity index (χ2v) is 4.85. The monoisotopic (exact) mass is 262 g/mol. The number of ether oxygens (including phenoxy) is 2. The molecule has 0 aliphatic carbocycles. The van der Waals surface area contributed by atoms with E-state index in [1.54, 1.807) is 0 Å². The molecule has 0 amide bonds. The summed E-state index contributed by atoms with van der Waals surface area (Å²) in [5, 5.41) is 4.98. The molecule has 17 heavy (non-hydrogen) atoms. The summed E-state index contributed by atoms with van der Waals surface area (Å²) in [6.07, 6.45) is 1.28. The number of nitrogens with zero attached hydrogens (tertiary/aromatic N) is 1. The van der Waals surface area contributed by atoms with Crippen LogP contribution in [0.2, 0.25) is 0 Å².